The predicted molar refractivity (Wildman–Crippen MR) is 128 cm³/mol. The van der Waals surface area contributed by atoms with Crippen LogP contribution in [0.15, 0.2) is 88.5 Å². The smallest absolute Gasteiger partial charge is 0.250 e. The number of carbonyl (C=O) groups is 1. The summed E-state index contributed by atoms with van der Waals surface area (Å²) >= 11 is 1.34. The molecule has 34 heavy (non-hydrogen) atoms. The summed E-state index contributed by atoms with van der Waals surface area (Å²) in [5.41, 5.74) is 1.61. The van der Waals surface area contributed by atoms with Gasteiger partial charge in [0.1, 0.15) is 11.6 Å². The molecular weight excluding hydrogens is 477 g/mol. The monoisotopic (exact) mass is 497 g/mol. The zero-order valence-corrected chi connectivity index (χ0v) is 19.4. The molecule has 0 aliphatic heterocycles. The lowest BCUT2D eigenvalue weighted by molar-refractivity contribution is -0.111. The summed E-state index contributed by atoms with van der Waals surface area (Å²) in [7, 11) is -3.69. The summed E-state index contributed by atoms with van der Waals surface area (Å²) in [6, 6.07) is 15.7. The predicted octanol–water partition coefficient (Wildman–Crippen LogP) is 4.60. The second-order valence-corrected chi connectivity index (χ2v) is 10.1. The normalized spacial score (nSPS) is 11.7. The molecular formula is C24H20FN3O4S2. The Kier molecular flexibility index (Phi) is 7.31. The number of benzene rings is 2. The molecule has 4 rings (SSSR count). The summed E-state index contributed by atoms with van der Waals surface area (Å²) < 4.78 is 45.4. The van der Waals surface area contributed by atoms with Crippen LogP contribution in [0.25, 0.3) is 6.08 Å². The molecule has 4 aromatic rings. The summed E-state index contributed by atoms with van der Waals surface area (Å²) in [5.74, 6) is -0.137. The first-order valence-electron chi connectivity index (χ1n) is 10.2. The number of amides is 1. The van der Waals surface area contributed by atoms with E-state index in [0.717, 1.165) is 10.4 Å². The zero-order valence-electron chi connectivity index (χ0n) is 17.8. The van der Waals surface area contributed by atoms with Gasteiger partial charge in [-0.05, 0) is 53.6 Å². The van der Waals surface area contributed by atoms with E-state index in [1.54, 1.807) is 48.7 Å². The first kappa shape index (κ1) is 23.6. The number of thiazole rings is 1. The standard InChI is InChI=1S/C24H20FN3O4S2/c25-19-8-3-18(4-9-19)14-21-16-26-24(33-21)28-23(29)12-7-17-5-10-22(11-6-17)34(30,31)27-15-20-2-1-13-32-20/h1-13,16,27H,14-15H2,(H,26,28,29)/b12-7+. The molecule has 0 bridgehead atoms. The third-order valence-electron chi connectivity index (χ3n) is 4.71. The van der Waals surface area contributed by atoms with Crippen molar-refractivity contribution in [2.75, 3.05) is 5.32 Å². The average molecular weight is 498 g/mol. The van der Waals surface area contributed by atoms with Gasteiger partial charge in [-0.2, -0.15) is 0 Å². The van der Waals surface area contributed by atoms with Crippen LogP contribution in [0.2, 0.25) is 0 Å². The lowest BCUT2D eigenvalue weighted by Gasteiger charge is -2.05. The Morgan fingerprint density at radius 2 is 1.85 bits per heavy atom. The number of nitrogens with one attached hydrogen (secondary N) is 2. The van der Waals surface area contributed by atoms with Gasteiger partial charge in [0.15, 0.2) is 5.13 Å². The highest BCUT2D eigenvalue weighted by atomic mass is 32.2. The summed E-state index contributed by atoms with van der Waals surface area (Å²) in [5, 5.41) is 3.15. The number of nitrogens with zero attached hydrogens (tertiary/aromatic N) is 1. The van der Waals surface area contributed by atoms with Gasteiger partial charge in [-0.1, -0.05) is 24.3 Å². The van der Waals surface area contributed by atoms with Crippen LogP contribution in [0.3, 0.4) is 0 Å². The molecule has 0 atom stereocenters. The number of sulfonamides is 1. The second-order valence-electron chi connectivity index (χ2n) is 7.23. The van der Waals surface area contributed by atoms with Crippen molar-refractivity contribution in [2.45, 2.75) is 17.9 Å². The average Bonchev–Trinajstić information content (AvgIpc) is 3.50. The molecule has 0 spiro atoms. The molecule has 2 N–H and O–H groups in total. The molecule has 2 aromatic heterocycles. The Morgan fingerprint density at radius 1 is 1.09 bits per heavy atom. The number of hydrogen-bond donors (Lipinski definition) is 2. The van der Waals surface area contributed by atoms with Gasteiger partial charge in [0.25, 0.3) is 0 Å². The largest absolute Gasteiger partial charge is 0.468 e. The summed E-state index contributed by atoms with van der Waals surface area (Å²) in [6.45, 7) is 0.0551. The highest BCUT2D eigenvalue weighted by Crippen LogP contribution is 2.21. The third-order valence-corrected chi connectivity index (χ3v) is 7.04. The van der Waals surface area contributed by atoms with Gasteiger partial charge < -0.3 is 4.42 Å². The molecule has 2 heterocycles. The number of anilines is 1. The third kappa shape index (κ3) is 6.47. The van der Waals surface area contributed by atoms with Gasteiger partial charge in [0, 0.05) is 23.6 Å². The quantitative estimate of drug-likeness (QED) is 0.329. The molecule has 0 radical (unpaired) electrons. The molecule has 0 fully saturated rings. The second kappa shape index (κ2) is 10.6. The minimum Gasteiger partial charge on any atom is -0.468 e. The lowest BCUT2D eigenvalue weighted by atomic mass is 10.1. The maximum Gasteiger partial charge on any atom is 0.250 e. The fourth-order valence-corrected chi connectivity index (χ4v) is 4.83. The van der Waals surface area contributed by atoms with Crippen LogP contribution in [-0.4, -0.2) is 19.3 Å². The van der Waals surface area contributed by atoms with Crippen molar-refractivity contribution < 1.29 is 22.0 Å². The van der Waals surface area contributed by atoms with Crippen LogP contribution in [-0.2, 0) is 27.8 Å². The highest BCUT2D eigenvalue weighted by Gasteiger charge is 2.14. The van der Waals surface area contributed by atoms with Crippen molar-refractivity contribution >= 4 is 38.5 Å². The molecule has 0 saturated heterocycles. The molecule has 0 saturated carbocycles. The molecule has 0 unspecified atom stereocenters. The van der Waals surface area contributed by atoms with Crippen molar-refractivity contribution in [3.05, 3.63) is 107 Å². The van der Waals surface area contributed by atoms with E-state index >= 15 is 0 Å². The van der Waals surface area contributed by atoms with Gasteiger partial charge >= 0.3 is 0 Å². The van der Waals surface area contributed by atoms with Crippen molar-refractivity contribution in [1.29, 1.82) is 0 Å². The Balaban J connectivity index is 1.30. The highest BCUT2D eigenvalue weighted by molar-refractivity contribution is 7.89. The van der Waals surface area contributed by atoms with Crippen LogP contribution in [0, 0.1) is 5.82 Å². The number of carbonyl (C=O) groups excluding carboxylic acids is 1. The van der Waals surface area contributed by atoms with Crippen LogP contribution in [0.5, 0.6) is 0 Å². The van der Waals surface area contributed by atoms with E-state index in [-0.39, 0.29) is 23.2 Å². The van der Waals surface area contributed by atoms with E-state index in [9.17, 15) is 17.6 Å². The number of rotatable bonds is 9. The van der Waals surface area contributed by atoms with Crippen molar-refractivity contribution in [1.82, 2.24) is 9.71 Å². The van der Waals surface area contributed by atoms with Crippen molar-refractivity contribution in [2.24, 2.45) is 0 Å². The minimum absolute atomic E-state index is 0.0551. The molecule has 0 aliphatic rings. The Hall–Kier alpha value is -3.60. The van der Waals surface area contributed by atoms with E-state index in [0.29, 0.717) is 22.9 Å². The zero-order chi connectivity index (χ0) is 24.0. The Bertz CT molecular complexity index is 1380. The Labute approximate surface area is 200 Å². The molecule has 0 aliphatic carbocycles. The van der Waals surface area contributed by atoms with Gasteiger partial charge in [0.05, 0.1) is 17.7 Å². The Morgan fingerprint density at radius 3 is 2.56 bits per heavy atom. The summed E-state index contributed by atoms with van der Waals surface area (Å²) in [4.78, 5) is 17.5. The van der Waals surface area contributed by atoms with Crippen LogP contribution < -0.4 is 10.0 Å². The molecule has 1 amide bonds. The number of halogens is 1. The molecule has 10 heteroatoms. The fourth-order valence-electron chi connectivity index (χ4n) is 2.99. The summed E-state index contributed by atoms with van der Waals surface area (Å²) in [6.07, 6.45) is 6.67. The van der Waals surface area contributed by atoms with E-state index in [2.05, 4.69) is 15.0 Å². The number of furan rings is 1. The van der Waals surface area contributed by atoms with Crippen molar-refractivity contribution in [3.63, 3.8) is 0 Å². The first-order valence-corrected chi connectivity index (χ1v) is 12.5. The van der Waals surface area contributed by atoms with Gasteiger partial charge in [-0.15, -0.1) is 11.3 Å². The topological polar surface area (TPSA) is 101 Å². The van der Waals surface area contributed by atoms with Gasteiger partial charge in [-0.25, -0.2) is 22.5 Å². The SMILES string of the molecule is O=C(/C=C/c1ccc(S(=O)(=O)NCc2ccco2)cc1)Nc1ncc(Cc2ccc(F)cc2)s1. The molecule has 174 valence electrons. The molecule has 2 aromatic carbocycles. The van der Waals surface area contributed by atoms with Crippen LogP contribution in [0.4, 0.5) is 9.52 Å². The van der Waals surface area contributed by atoms with E-state index in [1.165, 1.54) is 47.9 Å². The van der Waals surface area contributed by atoms with Crippen LogP contribution >= 0.6 is 11.3 Å². The van der Waals surface area contributed by atoms with Crippen LogP contribution in [0.1, 0.15) is 21.8 Å². The fraction of sp³-hybridized carbons (Fsp3) is 0.0833. The van der Waals surface area contributed by atoms with E-state index < -0.39 is 10.0 Å². The maximum absolute atomic E-state index is 13.0. The maximum atomic E-state index is 13.0. The van der Waals surface area contributed by atoms with E-state index in [1.807, 2.05) is 0 Å². The minimum atomic E-state index is -3.69. The number of hydrogen-bond acceptors (Lipinski definition) is 6. The lowest BCUT2D eigenvalue weighted by Crippen LogP contribution is -2.22. The molecule has 7 nitrogen and oxygen atoms in total. The van der Waals surface area contributed by atoms with Gasteiger partial charge in [0.2, 0.25) is 15.9 Å². The first-order chi connectivity index (χ1) is 16.4. The number of aromatic nitrogens is 1. The van der Waals surface area contributed by atoms with Crippen molar-refractivity contribution in [3.8, 4) is 0 Å². The van der Waals surface area contributed by atoms with E-state index in [4.69, 9.17) is 4.42 Å². The van der Waals surface area contributed by atoms with Gasteiger partial charge in [-0.3, -0.25) is 10.1 Å².